The minimum Gasteiger partial charge on any atom is -0.271 e. The monoisotopic (exact) mass is 487 g/mol. The lowest BCUT2D eigenvalue weighted by atomic mass is 10.0. The summed E-state index contributed by atoms with van der Waals surface area (Å²) in [6, 6.07) is 0. The maximum absolute atomic E-state index is 11.1. The van der Waals surface area contributed by atoms with Crippen LogP contribution in [0.4, 0.5) is 0 Å². The summed E-state index contributed by atoms with van der Waals surface area (Å²) in [5.41, 5.74) is 0. The molecule has 0 rings (SSSR count). The van der Waals surface area contributed by atoms with Crippen molar-refractivity contribution in [1.82, 2.24) is 4.58 Å². The number of hydroxylamine groups is 1. The van der Waals surface area contributed by atoms with Gasteiger partial charge in [-0.05, 0) is 6.42 Å². The second kappa shape index (κ2) is 28.0. The highest BCUT2D eigenvalue weighted by Crippen LogP contribution is 2.16. The summed E-state index contributed by atoms with van der Waals surface area (Å²) in [6.07, 6.45) is 36.1. The number of carbonyl (C=O) groups excluding carboxylic acids is 1. The Morgan fingerprint density at radius 2 is 0.697 bits per heavy atom. The summed E-state index contributed by atoms with van der Waals surface area (Å²) in [6.45, 7) is 2.29. The molecule has 0 heterocycles. The number of halogens is 1. The Morgan fingerprint density at radius 1 is 0.485 bits per heavy atom. The predicted molar refractivity (Wildman–Crippen MR) is 145 cm³/mol. The van der Waals surface area contributed by atoms with Gasteiger partial charge in [-0.3, -0.25) is 10.0 Å². The summed E-state index contributed by atoms with van der Waals surface area (Å²) in [4.78, 5) is 11.1. The molecule has 3 nitrogen and oxygen atoms in total. The molecule has 0 aliphatic heterocycles. The fourth-order valence-electron chi connectivity index (χ4n) is 4.68. The average Bonchev–Trinajstić information content (AvgIpc) is 2.81. The first-order valence-corrected chi connectivity index (χ1v) is 15.2. The number of amides is 1. The third-order valence-corrected chi connectivity index (χ3v) is 7.14. The van der Waals surface area contributed by atoms with Crippen molar-refractivity contribution in [1.29, 1.82) is 0 Å². The highest BCUT2D eigenvalue weighted by atomic mass is 35.5. The average molecular weight is 488 g/mol. The maximum Gasteiger partial charge on any atom is 0.261 e. The summed E-state index contributed by atoms with van der Waals surface area (Å²) in [5, 5.41) is 8.76. The van der Waals surface area contributed by atoms with Crippen LogP contribution < -0.4 is 0 Å². The Bertz CT molecular complexity index is 390. The molecular weight excluding hydrogens is 430 g/mol. The van der Waals surface area contributed by atoms with Crippen LogP contribution in [0.5, 0.6) is 0 Å². The molecular formula is C29H58ClNO2. The Kier molecular flexibility index (Phi) is 27.7. The normalized spacial score (nSPS) is 11.2. The first kappa shape index (κ1) is 32.7. The Balaban J connectivity index is 3.05. The van der Waals surface area contributed by atoms with Gasteiger partial charge in [0.05, 0.1) is 0 Å². The van der Waals surface area contributed by atoms with E-state index in [2.05, 4.69) is 6.92 Å². The van der Waals surface area contributed by atoms with Gasteiger partial charge in [-0.15, -0.1) is 4.58 Å². The van der Waals surface area contributed by atoms with E-state index in [0.717, 1.165) is 12.8 Å². The van der Waals surface area contributed by atoms with Crippen molar-refractivity contribution in [2.24, 2.45) is 0 Å². The van der Waals surface area contributed by atoms with E-state index in [9.17, 15) is 4.79 Å². The maximum atomic E-state index is 11.1. The molecule has 0 atom stereocenters. The molecule has 0 aromatic heterocycles. The van der Waals surface area contributed by atoms with Crippen molar-refractivity contribution in [3.8, 4) is 0 Å². The van der Waals surface area contributed by atoms with E-state index in [0.29, 0.717) is 6.42 Å². The molecule has 0 aliphatic rings. The van der Waals surface area contributed by atoms with Gasteiger partial charge in [-0.2, -0.15) is 0 Å². The molecule has 4 heteroatoms. The van der Waals surface area contributed by atoms with Crippen LogP contribution >= 0.6 is 11.8 Å². The van der Waals surface area contributed by atoms with Gasteiger partial charge in [0.1, 0.15) is 0 Å². The standard InChI is InChI=1S/C29H58ClNO2/c1-2-3-4-5-6-7-8-9-10-11-12-13-14-15-16-17-18-19-20-21-22-23-24-25-26-27-28-29(32)31(30)33/h33H,2-28H2,1H3. The lowest BCUT2D eigenvalue weighted by molar-refractivity contribution is -0.146. The Labute approximate surface area is 212 Å². The summed E-state index contributed by atoms with van der Waals surface area (Å²) in [5.74, 6) is -0.402. The highest BCUT2D eigenvalue weighted by molar-refractivity contribution is 6.19. The molecule has 0 spiro atoms. The van der Waals surface area contributed by atoms with Crippen molar-refractivity contribution < 1.29 is 10.0 Å². The van der Waals surface area contributed by atoms with Crippen LogP contribution in [0.2, 0.25) is 0 Å². The number of nitrogens with zero attached hydrogens (tertiary/aromatic N) is 1. The molecule has 0 aromatic carbocycles. The highest BCUT2D eigenvalue weighted by Gasteiger charge is 2.06. The van der Waals surface area contributed by atoms with Crippen molar-refractivity contribution in [2.45, 2.75) is 180 Å². The zero-order valence-electron chi connectivity index (χ0n) is 22.3. The van der Waals surface area contributed by atoms with Crippen LogP contribution in [-0.4, -0.2) is 15.7 Å². The van der Waals surface area contributed by atoms with Gasteiger partial charge in [-0.1, -0.05) is 167 Å². The fraction of sp³-hybridized carbons (Fsp3) is 0.966. The Morgan fingerprint density at radius 3 is 0.909 bits per heavy atom. The second-order valence-electron chi connectivity index (χ2n) is 10.2. The molecule has 198 valence electrons. The summed E-state index contributed by atoms with van der Waals surface area (Å²) in [7, 11) is 0. The first-order valence-electron chi connectivity index (χ1n) is 14.9. The fourth-order valence-corrected chi connectivity index (χ4v) is 4.77. The quantitative estimate of drug-likeness (QED) is 0.0541. The van der Waals surface area contributed by atoms with E-state index in [1.54, 1.807) is 0 Å². The van der Waals surface area contributed by atoms with E-state index >= 15 is 0 Å². The molecule has 0 aromatic rings. The minimum absolute atomic E-state index is 0.181. The smallest absolute Gasteiger partial charge is 0.261 e. The van der Waals surface area contributed by atoms with Crippen molar-refractivity contribution in [2.75, 3.05) is 0 Å². The van der Waals surface area contributed by atoms with E-state index in [1.807, 2.05) is 0 Å². The van der Waals surface area contributed by atoms with Gasteiger partial charge in [-0.25, -0.2) is 0 Å². The van der Waals surface area contributed by atoms with Crippen molar-refractivity contribution >= 4 is 17.7 Å². The SMILES string of the molecule is CCCCCCCCCCCCCCCCCCCCCCCCCCCCC(=O)N(O)Cl. The third-order valence-electron chi connectivity index (χ3n) is 6.95. The molecule has 0 fully saturated rings. The summed E-state index contributed by atoms with van der Waals surface area (Å²) >= 11 is 5.18. The lowest BCUT2D eigenvalue weighted by Gasteiger charge is -2.05. The van der Waals surface area contributed by atoms with Crippen LogP contribution in [0, 0.1) is 0 Å². The Hall–Kier alpha value is -0.280. The molecule has 0 saturated heterocycles. The number of rotatable bonds is 27. The largest absolute Gasteiger partial charge is 0.271 e. The van der Waals surface area contributed by atoms with E-state index in [-0.39, 0.29) is 4.58 Å². The number of unbranched alkanes of at least 4 members (excludes halogenated alkanes) is 25. The molecule has 1 amide bonds. The van der Waals surface area contributed by atoms with Crippen LogP contribution in [0.25, 0.3) is 0 Å². The van der Waals surface area contributed by atoms with Gasteiger partial charge >= 0.3 is 0 Å². The zero-order valence-corrected chi connectivity index (χ0v) is 23.0. The topological polar surface area (TPSA) is 40.5 Å². The summed E-state index contributed by atoms with van der Waals surface area (Å²) < 4.78 is 0.181. The molecule has 1 N–H and O–H groups in total. The first-order chi connectivity index (χ1) is 16.2. The lowest BCUT2D eigenvalue weighted by Crippen LogP contribution is -2.16. The molecule has 0 saturated carbocycles. The van der Waals surface area contributed by atoms with Crippen LogP contribution in [0.3, 0.4) is 0 Å². The molecule has 0 unspecified atom stereocenters. The van der Waals surface area contributed by atoms with E-state index < -0.39 is 5.91 Å². The molecule has 0 aliphatic carbocycles. The van der Waals surface area contributed by atoms with Gasteiger partial charge in [0, 0.05) is 18.2 Å². The zero-order chi connectivity index (χ0) is 24.2. The van der Waals surface area contributed by atoms with Gasteiger partial charge < -0.3 is 0 Å². The van der Waals surface area contributed by atoms with Crippen LogP contribution in [-0.2, 0) is 4.79 Å². The van der Waals surface area contributed by atoms with Gasteiger partial charge in [0.25, 0.3) is 5.91 Å². The molecule has 33 heavy (non-hydrogen) atoms. The predicted octanol–water partition coefficient (Wildman–Crippen LogP) is 10.9. The minimum atomic E-state index is -0.402. The number of carbonyl (C=O) groups is 1. The molecule has 0 radical (unpaired) electrons. The third kappa shape index (κ3) is 27.8. The second-order valence-corrected chi connectivity index (χ2v) is 10.6. The van der Waals surface area contributed by atoms with Crippen molar-refractivity contribution in [3.05, 3.63) is 0 Å². The van der Waals surface area contributed by atoms with E-state index in [4.69, 9.17) is 17.0 Å². The van der Waals surface area contributed by atoms with Crippen molar-refractivity contribution in [3.63, 3.8) is 0 Å². The van der Waals surface area contributed by atoms with Crippen LogP contribution in [0.1, 0.15) is 180 Å². The van der Waals surface area contributed by atoms with Crippen LogP contribution in [0.15, 0.2) is 0 Å². The van der Waals surface area contributed by atoms with E-state index in [1.165, 1.54) is 154 Å². The number of hydrogen-bond donors (Lipinski definition) is 1. The molecule has 0 bridgehead atoms. The van der Waals surface area contributed by atoms with Gasteiger partial charge in [0.15, 0.2) is 0 Å². The van der Waals surface area contributed by atoms with Gasteiger partial charge in [0.2, 0.25) is 0 Å². The number of hydrogen-bond acceptors (Lipinski definition) is 2.